The predicted octanol–water partition coefficient (Wildman–Crippen LogP) is 4.38. The molecule has 5 heteroatoms. The zero-order valence-corrected chi connectivity index (χ0v) is 12.9. The Kier molecular flexibility index (Phi) is 5.36. The van der Waals surface area contributed by atoms with Crippen molar-refractivity contribution in [3.8, 4) is 5.75 Å². The average molecular weight is 344 g/mol. The van der Waals surface area contributed by atoms with Crippen LogP contribution < -0.4 is 10.1 Å². The number of rotatable bonds is 6. The molecule has 0 fully saturated rings. The minimum Gasteiger partial charge on any atom is -0.489 e. The second-order valence-corrected chi connectivity index (χ2v) is 6.01. The lowest BCUT2D eigenvalue weighted by Gasteiger charge is -2.13. The van der Waals surface area contributed by atoms with Crippen molar-refractivity contribution in [3.05, 3.63) is 50.9 Å². The quantitative estimate of drug-likeness (QED) is 0.786. The molecule has 0 aliphatic carbocycles. The molecule has 1 aromatic carbocycles. The summed E-state index contributed by atoms with van der Waals surface area (Å²) < 4.78 is 19.6. The Hall–Kier alpha value is -0.910. The van der Waals surface area contributed by atoms with Gasteiger partial charge in [-0.05, 0) is 36.6 Å². The molecule has 1 heterocycles. The van der Waals surface area contributed by atoms with E-state index in [0.29, 0.717) is 23.7 Å². The number of nitrogens with one attached hydrogen (secondary N) is 1. The van der Waals surface area contributed by atoms with Gasteiger partial charge in [0.15, 0.2) is 11.6 Å². The Labute approximate surface area is 124 Å². The molecule has 0 radical (unpaired) electrons. The van der Waals surface area contributed by atoms with Gasteiger partial charge in [-0.25, -0.2) is 4.39 Å². The van der Waals surface area contributed by atoms with E-state index in [1.54, 1.807) is 23.5 Å². The summed E-state index contributed by atoms with van der Waals surface area (Å²) in [5, 5.41) is 5.40. The Morgan fingerprint density at radius 2 is 2.26 bits per heavy atom. The van der Waals surface area contributed by atoms with E-state index in [0.717, 1.165) is 0 Å². The zero-order chi connectivity index (χ0) is 13.7. The van der Waals surface area contributed by atoms with E-state index >= 15 is 0 Å². The lowest BCUT2D eigenvalue weighted by Crippen LogP contribution is -2.23. The van der Waals surface area contributed by atoms with E-state index in [4.69, 9.17) is 4.74 Å². The van der Waals surface area contributed by atoms with Crippen LogP contribution in [0.25, 0.3) is 0 Å². The fourth-order valence-corrected chi connectivity index (χ4v) is 2.76. The van der Waals surface area contributed by atoms with E-state index in [9.17, 15) is 4.39 Å². The Bertz CT molecular complexity index is 518. The monoisotopic (exact) mass is 343 g/mol. The number of thiophene rings is 1. The maximum atomic E-state index is 13.5. The SMILES string of the molecule is CC(NCCOc1ccc(Br)cc1F)c1cccs1. The first-order chi connectivity index (χ1) is 9.16. The highest BCUT2D eigenvalue weighted by Crippen LogP contribution is 2.21. The molecule has 1 N–H and O–H groups in total. The molecule has 102 valence electrons. The smallest absolute Gasteiger partial charge is 0.166 e. The third-order valence-electron chi connectivity index (χ3n) is 2.67. The van der Waals surface area contributed by atoms with Crippen molar-refractivity contribution in [1.82, 2.24) is 5.32 Å². The van der Waals surface area contributed by atoms with Gasteiger partial charge in [0, 0.05) is 21.9 Å². The second-order valence-electron chi connectivity index (χ2n) is 4.11. The first-order valence-corrected chi connectivity index (χ1v) is 7.68. The molecule has 0 aliphatic heterocycles. The van der Waals surface area contributed by atoms with Crippen LogP contribution in [-0.4, -0.2) is 13.2 Å². The molecular weight excluding hydrogens is 329 g/mol. The van der Waals surface area contributed by atoms with Gasteiger partial charge >= 0.3 is 0 Å². The van der Waals surface area contributed by atoms with Crippen molar-refractivity contribution in [1.29, 1.82) is 0 Å². The molecule has 2 nitrogen and oxygen atoms in total. The topological polar surface area (TPSA) is 21.3 Å². The summed E-state index contributed by atoms with van der Waals surface area (Å²) in [6.45, 7) is 3.22. The molecule has 0 amide bonds. The van der Waals surface area contributed by atoms with Gasteiger partial charge in [0.25, 0.3) is 0 Å². The zero-order valence-electron chi connectivity index (χ0n) is 10.5. The number of hydrogen-bond donors (Lipinski definition) is 1. The summed E-state index contributed by atoms with van der Waals surface area (Å²) in [6.07, 6.45) is 0. The van der Waals surface area contributed by atoms with Crippen LogP contribution in [-0.2, 0) is 0 Å². The van der Waals surface area contributed by atoms with Crippen molar-refractivity contribution >= 4 is 27.3 Å². The molecule has 0 aliphatic rings. The fraction of sp³-hybridized carbons (Fsp3) is 0.286. The maximum absolute atomic E-state index is 13.5. The third-order valence-corrected chi connectivity index (χ3v) is 4.22. The molecule has 1 atom stereocenters. The normalized spacial score (nSPS) is 12.4. The van der Waals surface area contributed by atoms with E-state index in [1.807, 2.05) is 6.07 Å². The summed E-state index contributed by atoms with van der Waals surface area (Å²) in [5.74, 6) is -0.0607. The third kappa shape index (κ3) is 4.30. The van der Waals surface area contributed by atoms with E-state index < -0.39 is 0 Å². The van der Waals surface area contributed by atoms with Crippen LogP contribution in [0.2, 0.25) is 0 Å². The Morgan fingerprint density at radius 3 is 2.95 bits per heavy atom. The van der Waals surface area contributed by atoms with Gasteiger partial charge < -0.3 is 10.1 Å². The minimum atomic E-state index is -0.347. The lowest BCUT2D eigenvalue weighted by atomic mass is 10.3. The van der Waals surface area contributed by atoms with Crippen LogP contribution in [0.3, 0.4) is 0 Å². The van der Waals surface area contributed by atoms with Gasteiger partial charge in [0.2, 0.25) is 0 Å². The van der Waals surface area contributed by atoms with Crippen LogP contribution in [0.4, 0.5) is 4.39 Å². The molecule has 2 aromatic rings. The maximum Gasteiger partial charge on any atom is 0.166 e. The second kappa shape index (κ2) is 7.03. The number of hydrogen-bond acceptors (Lipinski definition) is 3. The van der Waals surface area contributed by atoms with Gasteiger partial charge in [-0.3, -0.25) is 0 Å². The fourth-order valence-electron chi connectivity index (χ4n) is 1.67. The number of ether oxygens (including phenoxy) is 1. The number of halogens is 2. The van der Waals surface area contributed by atoms with Crippen LogP contribution in [0.15, 0.2) is 40.2 Å². The highest BCUT2D eigenvalue weighted by atomic mass is 79.9. The van der Waals surface area contributed by atoms with Crippen LogP contribution in [0.1, 0.15) is 17.8 Å². The van der Waals surface area contributed by atoms with E-state index in [1.165, 1.54) is 10.9 Å². The standard InChI is InChI=1S/C14H15BrFNOS/c1-10(14-3-2-8-19-14)17-6-7-18-13-5-4-11(15)9-12(13)16/h2-5,8-10,17H,6-7H2,1H3. The lowest BCUT2D eigenvalue weighted by molar-refractivity contribution is 0.293. The molecular formula is C14H15BrFNOS. The Morgan fingerprint density at radius 1 is 1.42 bits per heavy atom. The van der Waals surface area contributed by atoms with Crippen molar-refractivity contribution in [2.45, 2.75) is 13.0 Å². The Balaban J connectivity index is 1.75. The molecule has 0 saturated heterocycles. The van der Waals surface area contributed by atoms with Crippen molar-refractivity contribution in [2.75, 3.05) is 13.2 Å². The van der Waals surface area contributed by atoms with Crippen LogP contribution in [0.5, 0.6) is 5.75 Å². The van der Waals surface area contributed by atoms with Gasteiger partial charge in [-0.1, -0.05) is 22.0 Å². The first-order valence-electron chi connectivity index (χ1n) is 6.01. The molecule has 1 aromatic heterocycles. The number of benzene rings is 1. The highest BCUT2D eigenvalue weighted by molar-refractivity contribution is 9.10. The molecule has 0 spiro atoms. The highest BCUT2D eigenvalue weighted by Gasteiger charge is 2.06. The van der Waals surface area contributed by atoms with E-state index in [2.05, 4.69) is 39.6 Å². The van der Waals surface area contributed by atoms with Gasteiger partial charge in [0.05, 0.1) is 0 Å². The summed E-state index contributed by atoms with van der Waals surface area (Å²) >= 11 is 4.93. The van der Waals surface area contributed by atoms with E-state index in [-0.39, 0.29) is 11.6 Å². The van der Waals surface area contributed by atoms with Crippen molar-refractivity contribution in [3.63, 3.8) is 0 Å². The molecule has 1 unspecified atom stereocenters. The predicted molar refractivity (Wildman–Crippen MR) is 80.3 cm³/mol. The molecule has 0 bridgehead atoms. The largest absolute Gasteiger partial charge is 0.489 e. The van der Waals surface area contributed by atoms with Crippen molar-refractivity contribution < 1.29 is 9.13 Å². The summed E-state index contributed by atoms with van der Waals surface area (Å²) in [4.78, 5) is 1.29. The summed E-state index contributed by atoms with van der Waals surface area (Å²) in [6, 6.07) is 9.21. The van der Waals surface area contributed by atoms with Crippen LogP contribution in [0, 0.1) is 5.82 Å². The molecule has 0 saturated carbocycles. The van der Waals surface area contributed by atoms with Crippen LogP contribution >= 0.6 is 27.3 Å². The van der Waals surface area contributed by atoms with Gasteiger partial charge in [0.1, 0.15) is 6.61 Å². The molecule has 2 rings (SSSR count). The summed E-state index contributed by atoms with van der Waals surface area (Å²) in [5.41, 5.74) is 0. The average Bonchev–Trinajstić information content (AvgIpc) is 2.90. The van der Waals surface area contributed by atoms with Gasteiger partial charge in [-0.2, -0.15) is 0 Å². The molecule has 19 heavy (non-hydrogen) atoms. The summed E-state index contributed by atoms with van der Waals surface area (Å²) in [7, 11) is 0. The minimum absolute atomic E-state index is 0.286. The van der Waals surface area contributed by atoms with Gasteiger partial charge in [-0.15, -0.1) is 11.3 Å². The van der Waals surface area contributed by atoms with Crippen molar-refractivity contribution in [2.24, 2.45) is 0 Å². The first kappa shape index (κ1) is 14.5.